The molecule has 3 rings (SSSR count). The van der Waals surface area contributed by atoms with Crippen LogP contribution in [0.4, 0.5) is 4.39 Å². The van der Waals surface area contributed by atoms with Crippen molar-refractivity contribution in [3.8, 4) is 5.75 Å². The van der Waals surface area contributed by atoms with Crippen molar-refractivity contribution in [3.63, 3.8) is 0 Å². The number of rotatable bonds is 1. The van der Waals surface area contributed by atoms with Crippen LogP contribution in [0.1, 0.15) is 40.9 Å². The molecule has 0 aromatic heterocycles. The number of hydrogen-bond acceptors (Lipinski definition) is 2. The van der Waals surface area contributed by atoms with E-state index in [4.69, 9.17) is 4.74 Å². The molecule has 0 amide bonds. The molecule has 2 aromatic carbocycles. The fourth-order valence-electron chi connectivity index (χ4n) is 2.71. The number of ether oxygens (including phenoxy) is 1. The minimum absolute atomic E-state index is 0.237. The van der Waals surface area contributed by atoms with E-state index in [0.29, 0.717) is 17.7 Å². The molecule has 1 aliphatic heterocycles. The first-order valence-corrected chi connectivity index (χ1v) is 6.76. The summed E-state index contributed by atoms with van der Waals surface area (Å²) < 4.78 is 19.2. The van der Waals surface area contributed by atoms with E-state index in [1.165, 1.54) is 12.1 Å². The predicted molar refractivity (Wildman–Crippen MR) is 75.3 cm³/mol. The van der Waals surface area contributed by atoms with E-state index in [-0.39, 0.29) is 11.9 Å². The highest BCUT2D eigenvalue weighted by Crippen LogP contribution is 2.41. The van der Waals surface area contributed by atoms with Crippen molar-refractivity contribution in [2.75, 3.05) is 0 Å². The standard InChI is InChI=1S/C17H17FO2/c1-10-3-4-11(2)14(7-10)17-9-15(19)13-6-5-12(18)8-16(13)20-17/h3-8,15,17,19H,9H2,1-2H3/t15-,17?/m0/s1. The SMILES string of the molecule is Cc1ccc(C)c(C2C[C@H](O)c3ccc(F)cc3O2)c1. The Labute approximate surface area is 117 Å². The number of benzene rings is 2. The minimum atomic E-state index is -0.621. The van der Waals surface area contributed by atoms with Crippen LogP contribution in [0.3, 0.4) is 0 Å². The van der Waals surface area contributed by atoms with Crippen molar-refractivity contribution in [1.82, 2.24) is 0 Å². The third-order valence-corrected chi connectivity index (χ3v) is 3.82. The van der Waals surface area contributed by atoms with Crippen LogP contribution in [0.2, 0.25) is 0 Å². The van der Waals surface area contributed by atoms with Crippen LogP contribution in [0.15, 0.2) is 36.4 Å². The molecule has 1 unspecified atom stereocenters. The van der Waals surface area contributed by atoms with Gasteiger partial charge in [0.15, 0.2) is 0 Å². The smallest absolute Gasteiger partial charge is 0.128 e. The summed E-state index contributed by atoms with van der Waals surface area (Å²) in [6, 6.07) is 10.4. The number of aryl methyl sites for hydroxylation is 2. The van der Waals surface area contributed by atoms with Gasteiger partial charge in [-0.15, -0.1) is 0 Å². The number of fused-ring (bicyclic) bond motifs is 1. The fourth-order valence-corrected chi connectivity index (χ4v) is 2.71. The quantitative estimate of drug-likeness (QED) is 0.850. The monoisotopic (exact) mass is 272 g/mol. The van der Waals surface area contributed by atoms with Gasteiger partial charge in [-0.2, -0.15) is 0 Å². The number of hydrogen-bond donors (Lipinski definition) is 1. The summed E-state index contributed by atoms with van der Waals surface area (Å²) in [6.07, 6.45) is -0.369. The first-order chi connectivity index (χ1) is 9.54. The fraction of sp³-hybridized carbons (Fsp3) is 0.294. The molecule has 2 nitrogen and oxygen atoms in total. The van der Waals surface area contributed by atoms with Gasteiger partial charge in [-0.1, -0.05) is 23.8 Å². The zero-order chi connectivity index (χ0) is 14.3. The van der Waals surface area contributed by atoms with E-state index in [9.17, 15) is 9.50 Å². The topological polar surface area (TPSA) is 29.5 Å². The second-order valence-corrected chi connectivity index (χ2v) is 5.40. The molecule has 2 aromatic rings. The molecule has 0 spiro atoms. The average Bonchev–Trinajstić information content (AvgIpc) is 2.41. The molecule has 0 aliphatic carbocycles. The second-order valence-electron chi connectivity index (χ2n) is 5.40. The van der Waals surface area contributed by atoms with Gasteiger partial charge in [0.05, 0.1) is 6.10 Å². The Morgan fingerprint density at radius 1 is 1.10 bits per heavy atom. The zero-order valence-electron chi connectivity index (χ0n) is 11.6. The maximum absolute atomic E-state index is 13.3. The Hall–Kier alpha value is -1.87. The van der Waals surface area contributed by atoms with Gasteiger partial charge in [0.25, 0.3) is 0 Å². The summed E-state index contributed by atoms with van der Waals surface area (Å²) in [5.41, 5.74) is 3.98. The van der Waals surface area contributed by atoms with Crippen molar-refractivity contribution in [2.24, 2.45) is 0 Å². The third kappa shape index (κ3) is 2.29. The molecule has 0 bridgehead atoms. The summed E-state index contributed by atoms with van der Waals surface area (Å²) in [5, 5.41) is 10.2. The molecule has 3 heteroatoms. The predicted octanol–water partition coefficient (Wildman–Crippen LogP) is 4.00. The molecule has 1 aliphatic rings. The van der Waals surface area contributed by atoms with Gasteiger partial charge in [-0.3, -0.25) is 0 Å². The summed E-state index contributed by atoms with van der Waals surface area (Å²) in [6.45, 7) is 4.04. The van der Waals surface area contributed by atoms with Crippen LogP contribution < -0.4 is 4.74 Å². The van der Waals surface area contributed by atoms with E-state index in [1.54, 1.807) is 6.07 Å². The lowest BCUT2D eigenvalue weighted by Gasteiger charge is -2.30. The molecule has 104 valence electrons. The summed E-state index contributed by atoms with van der Waals surface area (Å²) in [7, 11) is 0. The third-order valence-electron chi connectivity index (χ3n) is 3.82. The normalized spacial score (nSPS) is 21.2. The maximum Gasteiger partial charge on any atom is 0.128 e. The van der Waals surface area contributed by atoms with Crippen LogP contribution >= 0.6 is 0 Å². The lowest BCUT2D eigenvalue weighted by atomic mass is 9.92. The van der Waals surface area contributed by atoms with E-state index in [0.717, 1.165) is 16.7 Å². The molecule has 0 saturated carbocycles. The largest absolute Gasteiger partial charge is 0.485 e. The molecule has 0 saturated heterocycles. The molecule has 1 N–H and O–H groups in total. The molecule has 1 heterocycles. The molecule has 0 fully saturated rings. The van der Waals surface area contributed by atoms with Crippen LogP contribution in [0, 0.1) is 19.7 Å². The van der Waals surface area contributed by atoms with Gasteiger partial charge in [0, 0.05) is 18.1 Å². The first-order valence-electron chi connectivity index (χ1n) is 6.76. The Balaban J connectivity index is 2.00. The van der Waals surface area contributed by atoms with Crippen molar-refractivity contribution in [2.45, 2.75) is 32.5 Å². The first kappa shape index (κ1) is 13.1. The molecule has 0 radical (unpaired) electrons. The maximum atomic E-state index is 13.3. The average molecular weight is 272 g/mol. The van der Waals surface area contributed by atoms with E-state index < -0.39 is 6.10 Å². The lowest BCUT2D eigenvalue weighted by Crippen LogP contribution is -2.20. The highest BCUT2D eigenvalue weighted by molar-refractivity contribution is 5.40. The van der Waals surface area contributed by atoms with Crippen LogP contribution in [-0.2, 0) is 0 Å². The van der Waals surface area contributed by atoms with Gasteiger partial charge in [0.1, 0.15) is 17.7 Å². The van der Waals surface area contributed by atoms with Gasteiger partial charge in [-0.05, 0) is 37.1 Å². The van der Waals surface area contributed by atoms with Crippen molar-refractivity contribution >= 4 is 0 Å². The summed E-state index contributed by atoms with van der Waals surface area (Å²) >= 11 is 0. The van der Waals surface area contributed by atoms with Crippen molar-refractivity contribution < 1.29 is 14.2 Å². The summed E-state index contributed by atoms with van der Waals surface area (Å²) in [4.78, 5) is 0. The van der Waals surface area contributed by atoms with E-state index in [2.05, 4.69) is 6.07 Å². The Bertz CT molecular complexity index is 651. The Morgan fingerprint density at radius 2 is 1.90 bits per heavy atom. The van der Waals surface area contributed by atoms with Gasteiger partial charge < -0.3 is 9.84 Å². The lowest BCUT2D eigenvalue weighted by molar-refractivity contribution is 0.0650. The zero-order valence-corrected chi connectivity index (χ0v) is 11.6. The highest BCUT2D eigenvalue weighted by Gasteiger charge is 2.29. The van der Waals surface area contributed by atoms with E-state index >= 15 is 0 Å². The van der Waals surface area contributed by atoms with Gasteiger partial charge in [-0.25, -0.2) is 4.39 Å². The highest BCUT2D eigenvalue weighted by atomic mass is 19.1. The van der Waals surface area contributed by atoms with Crippen molar-refractivity contribution in [3.05, 3.63) is 64.5 Å². The Morgan fingerprint density at radius 3 is 2.70 bits per heavy atom. The number of halogens is 1. The van der Waals surface area contributed by atoms with Gasteiger partial charge in [0.2, 0.25) is 0 Å². The van der Waals surface area contributed by atoms with Crippen molar-refractivity contribution in [1.29, 1.82) is 0 Å². The molecule has 20 heavy (non-hydrogen) atoms. The summed E-state index contributed by atoms with van der Waals surface area (Å²) in [5.74, 6) is 0.0900. The van der Waals surface area contributed by atoms with Crippen LogP contribution in [0.25, 0.3) is 0 Å². The number of aliphatic hydroxyl groups is 1. The second kappa shape index (κ2) is 4.91. The van der Waals surface area contributed by atoms with E-state index in [1.807, 2.05) is 26.0 Å². The van der Waals surface area contributed by atoms with Crippen LogP contribution in [-0.4, -0.2) is 5.11 Å². The molecular formula is C17H17FO2. The Kier molecular flexibility index (Phi) is 3.22. The van der Waals surface area contributed by atoms with Crippen LogP contribution in [0.5, 0.6) is 5.75 Å². The molecular weight excluding hydrogens is 255 g/mol. The molecule has 2 atom stereocenters. The minimum Gasteiger partial charge on any atom is -0.485 e. The number of aliphatic hydroxyl groups excluding tert-OH is 1. The van der Waals surface area contributed by atoms with Gasteiger partial charge >= 0.3 is 0 Å².